The van der Waals surface area contributed by atoms with Crippen LogP contribution in [-0.2, 0) is 0 Å². The molecule has 1 atom stereocenters. The van der Waals surface area contributed by atoms with Crippen LogP contribution in [0.3, 0.4) is 0 Å². The molecule has 1 N–H and O–H groups in total. The van der Waals surface area contributed by atoms with Gasteiger partial charge in [0.2, 0.25) is 0 Å². The van der Waals surface area contributed by atoms with E-state index in [4.69, 9.17) is 9.97 Å². The van der Waals surface area contributed by atoms with E-state index in [1.807, 2.05) is 0 Å². The lowest BCUT2D eigenvalue weighted by atomic mass is 10.1. The second-order valence-corrected chi connectivity index (χ2v) is 6.36. The summed E-state index contributed by atoms with van der Waals surface area (Å²) in [7, 11) is 0. The average molecular weight is 290 g/mol. The van der Waals surface area contributed by atoms with E-state index in [-0.39, 0.29) is 0 Å². The predicted molar refractivity (Wildman–Crippen MR) is 90.3 cm³/mol. The molecule has 1 aliphatic heterocycles. The van der Waals surface area contributed by atoms with Gasteiger partial charge in [-0.1, -0.05) is 27.7 Å². The summed E-state index contributed by atoms with van der Waals surface area (Å²) < 4.78 is 0. The maximum absolute atomic E-state index is 4.90. The Morgan fingerprint density at radius 3 is 2.67 bits per heavy atom. The highest BCUT2D eigenvalue weighted by Gasteiger charge is 2.27. The van der Waals surface area contributed by atoms with Gasteiger partial charge in [0, 0.05) is 30.6 Å². The summed E-state index contributed by atoms with van der Waals surface area (Å²) in [4.78, 5) is 12.1. The Labute approximate surface area is 129 Å². The molecule has 21 heavy (non-hydrogen) atoms. The Balaban J connectivity index is 2.40. The molecule has 0 amide bonds. The number of nitrogens with one attached hydrogen (secondary N) is 1. The van der Waals surface area contributed by atoms with E-state index in [2.05, 4.69) is 44.8 Å². The molecule has 4 heteroatoms. The van der Waals surface area contributed by atoms with E-state index in [1.165, 1.54) is 24.8 Å². The van der Waals surface area contributed by atoms with Crippen LogP contribution in [0.1, 0.15) is 70.7 Å². The molecule has 0 spiro atoms. The first-order valence-electron chi connectivity index (χ1n) is 8.47. The van der Waals surface area contributed by atoms with Gasteiger partial charge in [0.1, 0.15) is 17.5 Å². The summed E-state index contributed by atoms with van der Waals surface area (Å²) in [6.45, 7) is 13.0. The summed E-state index contributed by atoms with van der Waals surface area (Å²) in [5, 5.41) is 3.48. The van der Waals surface area contributed by atoms with E-state index in [9.17, 15) is 0 Å². The molecule has 0 radical (unpaired) electrons. The van der Waals surface area contributed by atoms with Gasteiger partial charge in [-0.2, -0.15) is 0 Å². The molecule has 0 saturated carbocycles. The first-order valence-corrected chi connectivity index (χ1v) is 8.47. The van der Waals surface area contributed by atoms with Crippen LogP contribution in [0.15, 0.2) is 0 Å². The van der Waals surface area contributed by atoms with Crippen molar-refractivity contribution in [1.82, 2.24) is 9.97 Å². The number of anilines is 2. The second-order valence-electron chi connectivity index (χ2n) is 6.36. The van der Waals surface area contributed by atoms with Crippen LogP contribution in [0.5, 0.6) is 0 Å². The molecule has 1 aliphatic rings. The fourth-order valence-electron chi connectivity index (χ4n) is 3.01. The van der Waals surface area contributed by atoms with E-state index < -0.39 is 0 Å². The largest absolute Gasteiger partial charge is 0.370 e. The second kappa shape index (κ2) is 7.10. The number of rotatable bonds is 6. The molecule has 4 nitrogen and oxygen atoms in total. The first-order chi connectivity index (χ1) is 10.1. The highest BCUT2D eigenvalue weighted by atomic mass is 15.2. The fraction of sp³-hybridized carbons (Fsp3) is 0.765. The van der Waals surface area contributed by atoms with Gasteiger partial charge in [-0.15, -0.1) is 0 Å². The summed E-state index contributed by atoms with van der Waals surface area (Å²) >= 11 is 0. The molecule has 1 saturated heterocycles. The third kappa shape index (κ3) is 3.47. The van der Waals surface area contributed by atoms with Crippen LogP contribution in [0, 0.1) is 6.92 Å². The monoisotopic (exact) mass is 290 g/mol. The Morgan fingerprint density at radius 2 is 2.05 bits per heavy atom. The van der Waals surface area contributed by atoms with Gasteiger partial charge in [0.05, 0.1) is 0 Å². The quantitative estimate of drug-likeness (QED) is 0.856. The summed E-state index contributed by atoms with van der Waals surface area (Å²) in [6, 6.07) is 0.637. The standard InChI is InChI=1S/C17H30N4/c1-6-10-18-16-13(5)17(20-15(19-16)12(3)4)21-11-8-9-14(21)7-2/h12,14H,6-11H2,1-5H3,(H,18,19,20). The molecular weight excluding hydrogens is 260 g/mol. The summed E-state index contributed by atoms with van der Waals surface area (Å²) in [5.74, 6) is 3.48. The minimum absolute atomic E-state index is 0.356. The van der Waals surface area contributed by atoms with Gasteiger partial charge in [-0.25, -0.2) is 9.97 Å². The van der Waals surface area contributed by atoms with Crippen LogP contribution >= 0.6 is 0 Å². The van der Waals surface area contributed by atoms with Gasteiger partial charge in [0.15, 0.2) is 0 Å². The van der Waals surface area contributed by atoms with E-state index in [0.29, 0.717) is 12.0 Å². The van der Waals surface area contributed by atoms with Crippen molar-refractivity contribution in [3.63, 3.8) is 0 Å². The molecule has 2 rings (SSSR count). The summed E-state index contributed by atoms with van der Waals surface area (Å²) in [5.41, 5.74) is 1.20. The normalized spacial score (nSPS) is 18.6. The third-order valence-corrected chi connectivity index (χ3v) is 4.32. The number of hydrogen-bond donors (Lipinski definition) is 1. The van der Waals surface area contributed by atoms with Crippen molar-refractivity contribution in [2.45, 2.75) is 72.3 Å². The van der Waals surface area contributed by atoms with Crippen LogP contribution in [0.4, 0.5) is 11.6 Å². The molecule has 0 aliphatic carbocycles. The molecule has 0 bridgehead atoms. The highest BCUT2D eigenvalue weighted by Crippen LogP contribution is 2.32. The van der Waals surface area contributed by atoms with E-state index >= 15 is 0 Å². The van der Waals surface area contributed by atoms with Gasteiger partial charge in [0.25, 0.3) is 0 Å². The van der Waals surface area contributed by atoms with E-state index in [0.717, 1.165) is 37.0 Å². The van der Waals surface area contributed by atoms with Crippen molar-refractivity contribution in [2.75, 3.05) is 23.3 Å². The number of aromatic nitrogens is 2. The molecule has 0 aromatic carbocycles. The maximum Gasteiger partial charge on any atom is 0.137 e. The molecule has 1 aromatic heterocycles. The smallest absolute Gasteiger partial charge is 0.137 e. The Kier molecular flexibility index (Phi) is 5.43. The molecule has 118 valence electrons. The molecule has 2 heterocycles. The first kappa shape index (κ1) is 16.1. The minimum Gasteiger partial charge on any atom is -0.370 e. The van der Waals surface area contributed by atoms with Crippen LogP contribution in [0.2, 0.25) is 0 Å². The van der Waals surface area contributed by atoms with Gasteiger partial charge in [-0.3, -0.25) is 0 Å². The zero-order chi connectivity index (χ0) is 15.4. The van der Waals surface area contributed by atoms with Crippen molar-refractivity contribution < 1.29 is 0 Å². The lowest BCUT2D eigenvalue weighted by Crippen LogP contribution is -2.31. The lowest BCUT2D eigenvalue weighted by molar-refractivity contribution is 0.634. The molecule has 1 aromatic rings. The van der Waals surface area contributed by atoms with Crippen molar-refractivity contribution in [2.24, 2.45) is 0 Å². The SMILES string of the molecule is CCCNc1nc(C(C)C)nc(N2CCCC2CC)c1C. The lowest BCUT2D eigenvalue weighted by Gasteiger charge is -2.28. The van der Waals surface area contributed by atoms with Crippen LogP contribution in [-0.4, -0.2) is 29.1 Å². The fourth-order valence-corrected chi connectivity index (χ4v) is 3.01. The molecule has 1 unspecified atom stereocenters. The van der Waals surface area contributed by atoms with Gasteiger partial charge in [-0.05, 0) is 32.6 Å². The minimum atomic E-state index is 0.356. The topological polar surface area (TPSA) is 41.1 Å². The zero-order valence-corrected chi connectivity index (χ0v) is 14.2. The zero-order valence-electron chi connectivity index (χ0n) is 14.2. The Morgan fingerprint density at radius 1 is 1.29 bits per heavy atom. The maximum atomic E-state index is 4.90. The third-order valence-electron chi connectivity index (χ3n) is 4.32. The van der Waals surface area contributed by atoms with Crippen molar-refractivity contribution in [3.05, 3.63) is 11.4 Å². The van der Waals surface area contributed by atoms with E-state index in [1.54, 1.807) is 0 Å². The van der Waals surface area contributed by atoms with Gasteiger partial charge >= 0.3 is 0 Å². The van der Waals surface area contributed by atoms with Crippen molar-refractivity contribution in [1.29, 1.82) is 0 Å². The molecule has 1 fully saturated rings. The average Bonchev–Trinajstić information content (AvgIpc) is 2.94. The van der Waals surface area contributed by atoms with Crippen LogP contribution in [0.25, 0.3) is 0 Å². The highest BCUT2D eigenvalue weighted by molar-refractivity contribution is 5.59. The predicted octanol–water partition coefficient (Wildman–Crippen LogP) is 4.11. The summed E-state index contributed by atoms with van der Waals surface area (Å²) in [6.07, 6.45) is 4.86. The van der Waals surface area contributed by atoms with Crippen molar-refractivity contribution in [3.8, 4) is 0 Å². The molecular formula is C17H30N4. The Hall–Kier alpha value is -1.32. The van der Waals surface area contributed by atoms with Crippen LogP contribution < -0.4 is 10.2 Å². The van der Waals surface area contributed by atoms with Gasteiger partial charge < -0.3 is 10.2 Å². The number of hydrogen-bond acceptors (Lipinski definition) is 4. The number of nitrogens with zero attached hydrogens (tertiary/aromatic N) is 3. The Bertz CT molecular complexity index is 470. The van der Waals surface area contributed by atoms with Crippen molar-refractivity contribution >= 4 is 11.6 Å².